The van der Waals surface area contributed by atoms with Gasteiger partial charge < -0.3 is 10.0 Å². The van der Waals surface area contributed by atoms with Crippen LogP contribution >= 0.6 is 0 Å². The number of nitrogens with zero attached hydrogens (tertiary/aromatic N) is 1. The number of carboxylic acid groups (broad SMARTS) is 1. The number of rotatable bonds is 4. The maximum atomic E-state index is 12.4. The quantitative estimate of drug-likeness (QED) is 0.869. The second-order valence-electron chi connectivity index (χ2n) is 6.74. The van der Waals surface area contributed by atoms with Crippen molar-refractivity contribution in [2.45, 2.75) is 38.0 Å². The molecule has 2 aliphatic rings. The summed E-state index contributed by atoms with van der Waals surface area (Å²) in [5, 5.41) is 9.78. The molecule has 1 aliphatic heterocycles. The average Bonchev–Trinajstić information content (AvgIpc) is 3.40. The zero-order chi connectivity index (χ0) is 16.4. The number of amides is 1. The Kier molecular flexibility index (Phi) is 4.24. The second kappa shape index (κ2) is 6.19. The Labute approximate surface area is 136 Å². The highest BCUT2D eigenvalue weighted by molar-refractivity contribution is 5.89. The number of carbonyl (C=O) groups excluding carboxylic acids is 1. The SMILES string of the molecule is C/C(=C/C(=O)N1CCC(C(=O)O)(c2ccccc2)CC1)C1CC1. The number of hydrogen-bond acceptors (Lipinski definition) is 2. The molecular formula is C19H23NO3. The lowest BCUT2D eigenvalue weighted by Crippen LogP contribution is -2.48. The molecule has 2 fully saturated rings. The van der Waals surface area contributed by atoms with Gasteiger partial charge in [0.25, 0.3) is 0 Å². The second-order valence-corrected chi connectivity index (χ2v) is 6.74. The number of hydrogen-bond donors (Lipinski definition) is 1. The number of likely N-dealkylation sites (tertiary alicyclic amines) is 1. The van der Waals surface area contributed by atoms with E-state index in [9.17, 15) is 14.7 Å². The molecule has 1 saturated heterocycles. The molecule has 0 unspecified atom stereocenters. The molecule has 1 aromatic carbocycles. The molecule has 4 heteroatoms. The van der Waals surface area contributed by atoms with Gasteiger partial charge in [-0.1, -0.05) is 35.9 Å². The van der Waals surface area contributed by atoms with E-state index in [0.717, 1.165) is 11.1 Å². The molecule has 122 valence electrons. The third kappa shape index (κ3) is 3.16. The minimum atomic E-state index is -0.868. The van der Waals surface area contributed by atoms with Gasteiger partial charge in [0.15, 0.2) is 0 Å². The van der Waals surface area contributed by atoms with Gasteiger partial charge in [0.05, 0.1) is 5.41 Å². The van der Waals surface area contributed by atoms with Gasteiger partial charge in [0, 0.05) is 19.2 Å². The number of carboxylic acids is 1. The molecule has 0 spiro atoms. The van der Waals surface area contributed by atoms with Gasteiger partial charge in [0.1, 0.15) is 0 Å². The molecule has 1 aromatic rings. The fourth-order valence-corrected chi connectivity index (χ4v) is 3.43. The van der Waals surface area contributed by atoms with Crippen molar-refractivity contribution in [1.29, 1.82) is 0 Å². The summed E-state index contributed by atoms with van der Waals surface area (Å²) in [5.74, 6) is -0.173. The van der Waals surface area contributed by atoms with Crippen molar-refractivity contribution in [3.8, 4) is 0 Å². The van der Waals surface area contributed by atoms with Crippen molar-refractivity contribution in [2.24, 2.45) is 5.92 Å². The minimum absolute atomic E-state index is 0.0291. The van der Waals surface area contributed by atoms with Gasteiger partial charge in [-0.15, -0.1) is 0 Å². The predicted octanol–water partition coefficient (Wildman–Crippen LogP) is 2.99. The number of benzene rings is 1. The van der Waals surface area contributed by atoms with Crippen LogP contribution in [-0.4, -0.2) is 35.0 Å². The Bertz CT molecular complexity index is 623. The van der Waals surface area contributed by atoms with Crippen LogP contribution in [0.15, 0.2) is 42.0 Å². The van der Waals surface area contributed by atoms with Gasteiger partial charge in [0.2, 0.25) is 5.91 Å². The number of carbonyl (C=O) groups is 2. The average molecular weight is 313 g/mol. The Hall–Kier alpha value is -2.10. The molecule has 1 N–H and O–H groups in total. The highest BCUT2D eigenvalue weighted by Crippen LogP contribution is 2.37. The third-order valence-corrected chi connectivity index (χ3v) is 5.24. The third-order valence-electron chi connectivity index (χ3n) is 5.24. The van der Waals surface area contributed by atoms with Crippen LogP contribution in [0, 0.1) is 5.92 Å². The van der Waals surface area contributed by atoms with Crippen molar-refractivity contribution >= 4 is 11.9 Å². The fourth-order valence-electron chi connectivity index (χ4n) is 3.43. The Morgan fingerprint density at radius 3 is 2.30 bits per heavy atom. The zero-order valence-electron chi connectivity index (χ0n) is 13.5. The lowest BCUT2D eigenvalue weighted by molar-refractivity contribution is -0.147. The standard InChI is InChI=1S/C19H23NO3/c1-14(15-7-8-15)13-17(21)20-11-9-19(10-12-20,18(22)23)16-5-3-2-4-6-16/h2-6,13,15H,7-12H2,1H3,(H,22,23)/b14-13-. The Balaban J connectivity index is 1.72. The summed E-state index contributed by atoms with van der Waals surface area (Å²) in [6.07, 6.45) is 5.05. The van der Waals surface area contributed by atoms with Crippen LogP contribution < -0.4 is 0 Å². The molecular weight excluding hydrogens is 290 g/mol. The Morgan fingerprint density at radius 2 is 1.78 bits per heavy atom. The van der Waals surface area contributed by atoms with Crippen LogP contribution in [0.4, 0.5) is 0 Å². The van der Waals surface area contributed by atoms with E-state index in [4.69, 9.17) is 0 Å². The minimum Gasteiger partial charge on any atom is -0.481 e. The highest BCUT2D eigenvalue weighted by atomic mass is 16.4. The first kappa shape index (κ1) is 15.8. The molecule has 1 heterocycles. The van der Waals surface area contributed by atoms with E-state index in [1.54, 1.807) is 11.0 Å². The van der Waals surface area contributed by atoms with E-state index in [1.807, 2.05) is 37.3 Å². The van der Waals surface area contributed by atoms with Gasteiger partial charge in [-0.25, -0.2) is 0 Å². The maximum absolute atomic E-state index is 12.4. The lowest BCUT2D eigenvalue weighted by atomic mass is 9.73. The van der Waals surface area contributed by atoms with E-state index in [1.165, 1.54) is 12.8 Å². The van der Waals surface area contributed by atoms with E-state index in [-0.39, 0.29) is 5.91 Å². The molecule has 1 saturated carbocycles. The summed E-state index contributed by atoms with van der Waals surface area (Å²) in [4.78, 5) is 26.1. The molecule has 1 amide bonds. The molecule has 1 aliphatic carbocycles. The van der Waals surface area contributed by atoms with Gasteiger partial charge in [-0.3, -0.25) is 9.59 Å². The monoisotopic (exact) mass is 313 g/mol. The van der Waals surface area contributed by atoms with Crippen molar-refractivity contribution in [3.63, 3.8) is 0 Å². The largest absolute Gasteiger partial charge is 0.481 e. The summed E-state index contributed by atoms with van der Waals surface area (Å²) in [6, 6.07) is 9.40. The molecule has 3 rings (SSSR count). The summed E-state index contributed by atoms with van der Waals surface area (Å²) in [6.45, 7) is 3.01. The molecule has 0 radical (unpaired) electrons. The van der Waals surface area contributed by atoms with Crippen LogP contribution in [0.25, 0.3) is 0 Å². The zero-order valence-corrected chi connectivity index (χ0v) is 13.5. The van der Waals surface area contributed by atoms with Crippen molar-refractivity contribution < 1.29 is 14.7 Å². The highest BCUT2D eigenvalue weighted by Gasteiger charge is 2.43. The van der Waals surface area contributed by atoms with E-state index >= 15 is 0 Å². The molecule has 0 bridgehead atoms. The number of piperidine rings is 1. The van der Waals surface area contributed by atoms with E-state index in [0.29, 0.717) is 31.8 Å². The molecule has 0 atom stereocenters. The molecule has 0 aromatic heterocycles. The summed E-state index contributed by atoms with van der Waals surface area (Å²) < 4.78 is 0. The first-order valence-electron chi connectivity index (χ1n) is 8.29. The van der Waals surface area contributed by atoms with Crippen molar-refractivity contribution in [3.05, 3.63) is 47.5 Å². The summed E-state index contributed by atoms with van der Waals surface area (Å²) in [5.41, 5.74) is 1.13. The first-order valence-corrected chi connectivity index (χ1v) is 8.29. The summed E-state index contributed by atoms with van der Waals surface area (Å²) >= 11 is 0. The van der Waals surface area contributed by atoms with E-state index in [2.05, 4.69) is 0 Å². The van der Waals surface area contributed by atoms with Gasteiger partial charge in [-0.05, 0) is 44.1 Å². The van der Waals surface area contributed by atoms with Gasteiger partial charge >= 0.3 is 5.97 Å². The lowest BCUT2D eigenvalue weighted by Gasteiger charge is -2.39. The van der Waals surface area contributed by atoms with Crippen molar-refractivity contribution in [2.75, 3.05) is 13.1 Å². The molecule has 4 nitrogen and oxygen atoms in total. The van der Waals surface area contributed by atoms with Crippen LogP contribution in [0.3, 0.4) is 0 Å². The smallest absolute Gasteiger partial charge is 0.314 e. The molecule has 23 heavy (non-hydrogen) atoms. The predicted molar refractivity (Wildman–Crippen MR) is 88.1 cm³/mol. The first-order chi connectivity index (χ1) is 11.0. The van der Waals surface area contributed by atoms with Crippen molar-refractivity contribution in [1.82, 2.24) is 4.90 Å². The number of allylic oxidation sites excluding steroid dienone is 1. The summed E-state index contributed by atoms with van der Waals surface area (Å²) in [7, 11) is 0. The van der Waals surface area contributed by atoms with Gasteiger partial charge in [-0.2, -0.15) is 0 Å². The van der Waals surface area contributed by atoms with E-state index < -0.39 is 11.4 Å². The normalized spacial score (nSPS) is 21.1. The topological polar surface area (TPSA) is 57.6 Å². The number of aliphatic carboxylic acids is 1. The Morgan fingerprint density at radius 1 is 1.17 bits per heavy atom. The van der Waals surface area contributed by atoms with Crippen LogP contribution in [-0.2, 0) is 15.0 Å². The van der Waals surface area contributed by atoms with Crippen LogP contribution in [0.2, 0.25) is 0 Å². The maximum Gasteiger partial charge on any atom is 0.314 e. The fraction of sp³-hybridized carbons (Fsp3) is 0.474. The van der Waals surface area contributed by atoms with Crippen LogP contribution in [0.1, 0.15) is 38.2 Å². The van der Waals surface area contributed by atoms with Crippen LogP contribution in [0.5, 0.6) is 0 Å².